The lowest BCUT2D eigenvalue weighted by Crippen LogP contribution is -2.61. The van der Waals surface area contributed by atoms with Crippen LogP contribution in [0.1, 0.15) is 36.3 Å². The number of carbonyl (C=O) groups is 3. The minimum absolute atomic E-state index is 0.161. The molecular weight excluding hydrogens is 566 g/mol. The summed E-state index contributed by atoms with van der Waals surface area (Å²) in [4.78, 5) is 45.4. The summed E-state index contributed by atoms with van der Waals surface area (Å²) in [6.07, 6.45) is 1.10. The molecule has 0 bridgehead atoms. The number of amides is 4. The summed E-state index contributed by atoms with van der Waals surface area (Å²) in [5.41, 5.74) is 3.54. The van der Waals surface area contributed by atoms with E-state index in [1.807, 2.05) is 74.5 Å². The number of rotatable bonds is 14. The number of urea groups is 1. The maximum atomic E-state index is 14.1. The van der Waals surface area contributed by atoms with E-state index < -0.39 is 36.2 Å². The number of aliphatic hydroxyl groups is 1. The average Bonchev–Trinajstić information content (AvgIpc) is 3.50. The van der Waals surface area contributed by atoms with Crippen LogP contribution in [0.3, 0.4) is 0 Å². The number of benzene rings is 2. The average molecular weight is 608 g/mol. The Morgan fingerprint density at radius 1 is 0.977 bits per heavy atom. The molecule has 2 aromatic carbocycles. The second-order valence-corrected chi connectivity index (χ2v) is 12.3. The van der Waals surface area contributed by atoms with Gasteiger partial charge in [-0.15, -0.1) is 11.3 Å². The molecule has 1 fully saturated rings. The molecule has 0 spiro atoms. The fraction of sp³-hybridized carbons (Fsp3) is 0.438. The molecule has 1 aliphatic rings. The third-order valence-electron chi connectivity index (χ3n) is 7.87. The summed E-state index contributed by atoms with van der Waals surface area (Å²) in [6, 6.07) is 16.7. The Hall–Kier alpha value is -3.96. The van der Waals surface area contributed by atoms with E-state index in [1.165, 1.54) is 11.3 Å². The van der Waals surface area contributed by atoms with Crippen LogP contribution in [0.2, 0.25) is 0 Å². The fourth-order valence-electron chi connectivity index (χ4n) is 5.82. The van der Waals surface area contributed by atoms with E-state index >= 15 is 0 Å². The largest absolute Gasteiger partial charge is 0.465 e. The molecule has 0 aliphatic carbocycles. The number of carbonyl (C=O) groups excluding carboxylic acids is 2. The predicted molar refractivity (Wildman–Crippen MR) is 166 cm³/mol. The van der Waals surface area contributed by atoms with Gasteiger partial charge in [0.15, 0.2) is 0 Å². The monoisotopic (exact) mass is 607 g/mol. The number of carboxylic acid groups (broad SMARTS) is 1. The van der Waals surface area contributed by atoms with E-state index in [9.17, 15) is 24.6 Å². The zero-order valence-corrected chi connectivity index (χ0v) is 25.4. The van der Waals surface area contributed by atoms with Crippen molar-refractivity contribution in [2.75, 3.05) is 13.1 Å². The van der Waals surface area contributed by atoms with E-state index in [0.29, 0.717) is 25.9 Å². The molecule has 2 heterocycles. The van der Waals surface area contributed by atoms with Crippen LogP contribution < -0.4 is 16.0 Å². The van der Waals surface area contributed by atoms with Crippen molar-refractivity contribution in [2.24, 2.45) is 11.8 Å². The molecule has 0 saturated carbocycles. The molecule has 1 aromatic heterocycles. The smallest absolute Gasteiger partial charge is 0.404 e. The van der Waals surface area contributed by atoms with Crippen LogP contribution in [-0.2, 0) is 24.1 Å². The van der Waals surface area contributed by atoms with E-state index in [4.69, 9.17) is 0 Å². The second-order valence-electron chi connectivity index (χ2n) is 11.3. The van der Waals surface area contributed by atoms with Gasteiger partial charge in [0.05, 0.1) is 17.7 Å². The number of nitrogens with one attached hydrogen (secondary N) is 3. The number of hydrogen-bond donors (Lipinski definition) is 5. The highest BCUT2D eigenvalue weighted by atomic mass is 32.1. The number of hydrogen-bond acceptors (Lipinski definition) is 6. The van der Waals surface area contributed by atoms with Crippen molar-refractivity contribution in [3.63, 3.8) is 0 Å². The quantitative estimate of drug-likeness (QED) is 0.189. The molecule has 1 saturated heterocycles. The van der Waals surface area contributed by atoms with Gasteiger partial charge in [0.2, 0.25) is 5.91 Å². The minimum Gasteiger partial charge on any atom is -0.465 e. The van der Waals surface area contributed by atoms with Gasteiger partial charge in [0.1, 0.15) is 6.04 Å². The van der Waals surface area contributed by atoms with Crippen molar-refractivity contribution >= 4 is 29.4 Å². The van der Waals surface area contributed by atoms with Gasteiger partial charge in [0, 0.05) is 36.1 Å². The Labute approximate surface area is 256 Å². The highest BCUT2D eigenvalue weighted by Crippen LogP contribution is 2.26. The first-order chi connectivity index (χ1) is 20.7. The molecule has 3 aromatic rings. The normalized spacial score (nSPS) is 16.9. The lowest BCUT2D eigenvalue weighted by Gasteiger charge is -2.39. The van der Waals surface area contributed by atoms with E-state index in [2.05, 4.69) is 20.9 Å². The lowest BCUT2D eigenvalue weighted by atomic mass is 9.81. The van der Waals surface area contributed by atoms with Crippen molar-refractivity contribution in [3.05, 3.63) is 88.4 Å². The number of thiazole rings is 1. The molecule has 43 heavy (non-hydrogen) atoms. The highest BCUT2D eigenvalue weighted by Gasteiger charge is 2.39. The second kappa shape index (κ2) is 15.5. The van der Waals surface area contributed by atoms with E-state index in [0.717, 1.165) is 22.4 Å². The Balaban J connectivity index is 1.71. The van der Waals surface area contributed by atoms with Crippen LogP contribution in [0, 0.1) is 11.8 Å². The van der Waals surface area contributed by atoms with Gasteiger partial charge in [-0.2, -0.15) is 0 Å². The zero-order valence-electron chi connectivity index (χ0n) is 24.6. The van der Waals surface area contributed by atoms with Crippen molar-refractivity contribution in [2.45, 2.75) is 63.8 Å². The third kappa shape index (κ3) is 9.01. The Morgan fingerprint density at radius 2 is 1.60 bits per heavy atom. The lowest BCUT2D eigenvalue weighted by molar-refractivity contribution is -0.128. The predicted octanol–water partition coefficient (Wildman–Crippen LogP) is 3.71. The van der Waals surface area contributed by atoms with Gasteiger partial charge in [-0.1, -0.05) is 74.5 Å². The van der Waals surface area contributed by atoms with Crippen LogP contribution in [-0.4, -0.2) is 75.4 Å². The number of nitrogens with zero attached hydrogens (tertiary/aromatic N) is 2. The van der Waals surface area contributed by atoms with Gasteiger partial charge < -0.3 is 31.1 Å². The maximum Gasteiger partial charge on any atom is 0.404 e. The van der Waals surface area contributed by atoms with Crippen LogP contribution >= 0.6 is 11.3 Å². The van der Waals surface area contributed by atoms with Crippen molar-refractivity contribution < 1.29 is 24.6 Å². The standard InChI is InChI=1S/C32H41N5O5S/c1-21(2)28(37-15-9-14-34-31(37)40)30(39)35-26(16-22-10-5-3-6-11-22)25(18-24-19-33-20-43-24)29(38)27(36-32(41)42)17-23-12-7-4-8-13-23/h3-8,10-13,19-21,25-29,36,38H,9,14-18H2,1-2H3,(H,34,40)(H,35,39)(H,41,42)/t25?,26-,27-,28-,29+/m0/s1. The summed E-state index contributed by atoms with van der Waals surface area (Å²) < 4.78 is 0. The number of aromatic nitrogens is 1. The summed E-state index contributed by atoms with van der Waals surface area (Å²) in [6.45, 7) is 4.87. The molecule has 1 aliphatic heterocycles. The van der Waals surface area contributed by atoms with Crippen molar-refractivity contribution in [1.29, 1.82) is 0 Å². The van der Waals surface area contributed by atoms with E-state index in [-0.39, 0.29) is 24.3 Å². The Kier molecular flexibility index (Phi) is 11.5. The Bertz CT molecular complexity index is 1310. The van der Waals surface area contributed by atoms with Crippen LogP contribution in [0.25, 0.3) is 0 Å². The molecule has 10 nitrogen and oxygen atoms in total. The fourth-order valence-corrected chi connectivity index (χ4v) is 6.49. The number of aliphatic hydroxyl groups excluding tert-OH is 1. The maximum absolute atomic E-state index is 14.1. The molecule has 5 atom stereocenters. The van der Waals surface area contributed by atoms with Crippen LogP contribution in [0.4, 0.5) is 9.59 Å². The third-order valence-corrected chi connectivity index (χ3v) is 8.67. The van der Waals surface area contributed by atoms with Crippen molar-refractivity contribution in [3.8, 4) is 0 Å². The van der Waals surface area contributed by atoms with Gasteiger partial charge >= 0.3 is 12.1 Å². The van der Waals surface area contributed by atoms with E-state index in [1.54, 1.807) is 16.6 Å². The molecule has 11 heteroatoms. The highest BCUT2D eigenvalue weighted by molar-refractivity contribution is 7.09. The first-order valence-corrected chi connectivity index (χ1v) is 15.6. The topological polar surface area (TPSA) is 144 Å². The summed E-state index contributed by atoms with van der Waals surface area (Å²) in [7, 11) is 0. The summed E-state index contributed by atoms with van der Waals surface area (Å²) in [5, 5.41) is 30.3. The van der Waals surface area contributed by atoms with Crippen LogP contribution in [0.15, 0.2) is 72.4 Å². The summed E-state index contributed by atoms with van der Waals surface area (Å²) >= 11 is 1.44. The zero-order chi connectivity index (χ0) is 30.8. The molecule has 1 unspecified atom stereocenters. The molecule has 4 rings (SSSR count). The van der Waals surface area contributed by atoms with Gasteiger partial charge in [-0.05, 0) is 42.7 Å². The first kappa shape index (κ1) is 32.0. The summed E-state index contributed by atoms with van der Waals surface area (Å²) in [5.74, 6) is -1.06. The van der Waals surface area contributed by atoms with Crippen molar-refractivity contribution in [1.82, 2.24) is 25.8 Å². The molecular formula is C32H41N5O5S. The van der Waals surface area contributed by atoms with Gasteiger partial charge in [-0.25, -0.2) is 9.59 Å². The van der Waals surface area contributed by atoms with Crippen LogP contribution in [0.5, 0.6) is 0 Å². The van der Waals surface area contributed by atoms with Gasteiger partial charge in [-0.3, -0.25) is 9.78 Å². The Morgan fingerprint density at radius 3 is 2.14 bits per heavy atom. The minimum atomic E-state index is -1.24. The SMILES string of the molecule is CC(C)[C@@H](C(=O)N[C@@H](Cc1ccccc1)C(Cc1cncs1)[C@@H](O)[C@H](Cc1ccccc1)NC(=O)O)N1CCCNC1=O. The first-order valence-electron chi connectivity index (χ1n) is 14.7. The molecule has 0 radical (unpaired) electrons. The molecule has 5 N–H and O–H groups in total. The molecule has 4 amide bonds. The van der Waals surface area contributed by atoms with Gasteiger partial charge in [0.25, 0.3) is 0 Å². The molecule has 230 valence electrons.